The van der Waals surface area contributed by atoms with Crippen molar-refractivity contribution in [1.82, 2.24) is 20.2 Å². The summed E-state index contributed by atoms with van der Waals surface area (Å²) in [6.45, 7) is 3.82. The number of nitrogens with one attached hydrogen (secondary N) is 1. The second-order valence-corrected chi connectivity index (χ2v) is 7.15. The van der Waals surface area contributed by atoms with E-state index in [9.17, 15) is 9.59 Å². The fourth-order valence-corrected chi connectivity index (χ4v) is 4.32. The van der Waals surface area contributed by atoms with Crippen LogP contribution in [0.5, 0.6) is 0 Å². The molecule has 24 heavy (non-hydrogen) atoms. The third-order valence-electron chi connectivity index (χ3n) is 4.50. The second-order valence-electron chi connectivity index (χ2n) is 6.12. The molecule has 1 aliphatic carbocycles. The van der Waals surface area contributed by atoms with Crippen LogP contribution >= 0.6 is 11.3 Å². The average Bonchev–Trinajstić information content (AvgIpc) is 3.14. The van der Waals surface area contributed by atoms with Gasteiger partial charge >= 0.3 is 6.09 Å². The Balaban J connectivity index is 1.88. The largest absolute Gasteiger partial charge is 0.464 e. The Kier molecular flexibility index (Phi) is 4.75. The van der Waals surface area contributed by atoms with E-state index in [2.05, 4.69) is 15.2 Å². The van der Waals surface area contributed by atoms with Crippen molar-refractivity contribution in [2.24, 2.45) is 0 Å². The lowest BCUT2D eigenvalue weighted by molar-refractivity contribution is 0.0770. The molecule has 1 saturated carbocycles. The van der Waals surface area contributed by atoms with Crippen LogP contribution in [0.25, 0.3) is 10.2 Å². The van der Waals surface area contributed by atoms with Crippen LogP contribution in [0.2, 0.25) is 0 Å². The van der Waals surface area contributed by atoms with E-state index in [0.29, 0.717) is 10.9 Å². The Morgan fingerprint density at radius 2 is 2.12 bits per heavy atom. The molecule has 1 aliphatic rings. The van der Waals surface area contributed by atoms with Crippen molar-refractivity contribution in [2.45, 2.75) is 52.0 Å². The van der Waals surface area contributed by atoms with Gasteiger partial charge < -0.3 is 5.11 Å². The minimum Gasteiger partial charge on any atom is -0.464 e. The Morgan fingerprint density at radius 3 is 2.75 bits per heavy atom. The van der Waals surface area contributed by atoms with Gasteiger partial charge in [0.15, 0.2) is 0 Å². The molecule has 7 nitrogen and oxygen atoms in total. The number of nitrogens with zero attached hydrogens (tertiary/aromatic N) is 3. The maximum Gasteiger partial charge on any atom is 0.426 e. The number of fused-ring (bicyclic) bond motifs is 1. The van der Waals surface area contributed by atoms with Crippen LogP contribution in [-0.4, -0.2) is 38.4 Å². The van der Waals surface area contributed by atoms with Gasteiger partial charge in [-0.25, -0.2) is 9.80 Å². The number of rotatable bonds is 3. The molecular formula is C16H22N4O3S. The first-order valence-electron chi connectivity index (χ1n) is 8.31. The SMILES string of the molecule is CCN(NC(=O)c1cc2c(C)nn(C3CCCCC3)c2s1)C(=O)O. The molecule has 1 fully saturated rings. The molecule has 0 atom stereocenters. The van der Waals surface area contributed by atoms with E-state index < -0.39 is 12.0 Å². The third kappa shape index (κ3) is 3.10. The van der Waals surface area contributed by atoms with Crippen molar-refractivity contribution in [3.05, 3.63) is 16.6 Å². The van der Waals surface area contributed by atoms with Crippen LogP contribution in [0.3, 0.4) is 0 Å². The molecule has 0 radical (unpaired) electrons. The summed E-state index contributed by atoms with van der Waals surface area (Å²) in [5.41, 5.74) is 3.34. The summed E-state index contributed by atoms with van der Waals surface area (Å²) in [5, 5.41) is 15.6. The van der Waals surface area contributed by atoms with Gasteiger partial charge in [-0.1, -0.05) is 19.3 Å². The van der Waals surface area contributed by atoms with Gasteiger partial charge in [0.2, 0.25) is 0 Å². The van der Waals surface area contributed by atoms with Crippen molar-refractivity contribution in [3.8, 4) is 0 Å². The molecule has 2 heterocycles. The third-order valence-corrected chi connectivity index (χ3v) is 5.62. The van der Waals surface area contributed by atoms with E-state index in [1.165, 1.54) is 30.6 Å². The Hall–Kier alpha value is -2.09. The highest BCUT2D eigenvalue weighted by molar-refractivity contribution is 7.20. The summed E-state index contributed by atoms with van der Waals surface area (Å²) >= 11 is 1.38. The number of hydrogen-bond donors (Lipinski definition) is 2. The van der Waals surface area contributed by atoms with E-state index in [4.69, 9.17) is 5.11 Å². The van der Waals surface area contributed by atoms with Crippen molar-refractivity contribution in [2.75, 3.05) is 6.54 Å². The molecule has 8 heteroatoms. The molecule has 3 rings (SSSR count). The van der Waals surface area contributed by atoms with Crippen molar-refractivity contribution < 1.29 is 14.7 Å². The Labute approximate surface area is 144 Å². The van der Waals surface area contributed by atoms with Crippen LogP contribution < -0.4 is 5.43 Å². The van der Waals surface area contributed by atoms with Crippen LogP contribution in [0.1, 0.15) is 60.4 Å². The molecule has 2 N–H and O–H groups in total. The van der Waals surface area contributed by atoms with E-state index >= 15 is 0 Å². The number of carboxylic acid groups (broad SMARTS) is 1. The summed E-state index contributed by atoms with van der Waals surface area (Å²) in [5.74, 6) is -0.393. The molecule has 2 amide bonds. The number of carbonyl (C=O) groups is 2. The molecule has 0 aliphatic heterocycles. The van der Waals surface area contributed by atoms with Gasteiger partial charge in [0.1, 0.15) is 4.83 Å². The first-order valence-corrected chi connectivity index (χ1v) is 9.13. The maximum atomic E-state index is 12.3. The fourth-order valence-electron chi connectivity index (χ4n) is 3.20. The van der Waals surface area contributed by atoms with E-state index in [0.717, 1.165) is 33.8 Å². The zero-order valence-corrected chi connectivity index (χ0v) is 14.7. The molecule has 2 aromatic rings. The molecule has 0 unspecified atom stereocenters. The highest BCUT2D eigenvalue weighted by atomic mass is 32.1. The van der Waals surface area contributed by atoms with Crippen molar-refractivity contribution in [1.29, 1.82) is 0 Å². The maximum absolute atomic E-state index is 12.3. The Morgan fingerprint density at radius 1 is 1.42 bits per heavy atom. The fraction of sp³-hybridized carbons (Fsp3) is 0.562. The van der Waals surface area contributed by atoms with Gasteiger partial charge in [-0.3, -0.25) is 14.9 Å². The number of aromatic nitrogens is 2. The quantitative estimate of drug-likeness (QED) is 0.829. The standard InChI is InChI=1S/C16H22N4O3S/c1-3-19(16(22)23)18-14(21)13-9-12-10(2)17-20(15(12)24-13)11-7-5-4-6-8-11/h9,11H,3-8H2,1-2H3,(H,18,21)(H,22,23). The minimum atomic E-state index is -1.17. The summed E-state index contributed by atoms with van der Waals surface area (Å²) in [6.07, 6.45) is 4.79. The minimum absolute atomic E-state index is 0.195. The van der Waals surface area contributed by atoms with E-state index in [-0.39, 0.29) is 6.54 Å². The smallest absolute Gasteiger partial charge is 0.426 e. The lowest BCUT2D eigenvalue weighted by Crippen LogP contribution is -2.45. The van der Waals surface area contributed by atoms with Crippen molar-refractivity contribution in [3.63, 3.8) is 0 Å². The number of thiophene rings is 1. The lowest BCUT2D eigenvalue weighted by Gasteiger charge is -2.22. The summed E-state index contributed by atoms with van der Waals surface area (Å²) in [4.78, 5) is 24.9. The zero-order chi connectivity index (χ0) is 17.3. The van der Waals surface area contributed by atoms with Gasteiger partial charge in [-0.2, -0.15) is 5.10 Å². The second kappa shape index (κ2) is 6.80. The summed E-state index contributed by atoms with van der Waals surface area (Å²) in [6, 6.07) is 2.21. The zero-order valence-electron chi connectivity index (χ0n) is 13.9. The van der Waals surface area contributed by atoms with Crippen LogP contribution in [-0.2, 0) is 0 Å². The average molecular weight is 350 g/mol. The first-order chi connectivity index (χ1) is 11.5. The van der Waals surface area contributed by atoms with Crippen LogP contribution in [0.15, 0.2) is 6.07 Å². The van der Waals surface area contributed by atoms with Crippen molar-refractivity contribution >= 4 is 33.6 Å². The molecule has 130 valence electrons. The molecule has 0 aromatic carbocycles. The van der Waals surface area contributed by atoms with Gasteiger partial charge in [0.25, 0.3) is 5.91 Å². The van der Waals surface area contributed by atoms with Crippen LogP contribution in [0, 0.1) is 6.92 Å². The van der Waals surface area contributed by atoms with E-state index in [1.807, 2.05) is 13.0 Å². The normalized spacial score (nSPS) is 15.6. The molecular weight excluding hydrogens is 328 g/mol. The van der Waals surface area contributed by atoms with Crippen LogP contribution in [0.4, 0.5) is 4.79 Å². The molecule has 0 spiro atoms. The van der Waals surface area contributed by atoms with Gasteiger partial charge in [-0.05, 0) is 32.8 Å². The predicted molar refractivity (Wildman–Crippen MR) is 92.3 cm³/mol. The predicted octanol–water partition coefficient (Wildman–Crippen LogP) is 3.56. The number of amides is 2. The highest BCUT2D eigenvalue weighted by Crippen LogP contribution is 2.35. The van der Waals surface area contributed by atoms with Gasteiger partial charge in [-0.15, -0.1) is 11.3 Å². The number of hydrogen-bond acceptors (Lipinski definition) is 4. The van der Waals surface area contributed by atoms with E-state index in [1.54, 1.807) is 6.92 Å². The topological polar surface area (TPSA) is 87.5 Å². The molecule has 0 bridgehead atoms. The molecule has 0 saturated heterocycles. The number of hydrazine groups is 1. The number of aryl methyl sites for hydroxylation is 1. The van der Waals surface area contributed by atoms with Gasteiger partial charge in [0, 0.05) is 11.9 Å². The lowest BCUT2D eigenvalue weighted by atomic mass is 9.96. The monoisotopic (exact) mass is 350 g/mol. The van der Waals surface area contributed by atoms with Gasteiger partial charge in [0.05, 0.1) is 16.6 Å². The summed E-state index contributed by atoms with van der Waals surface area (Å²) < 4.78 is 2.07. The highest BCUT2D eigenvalue weighted by Gasteiger charge is 2.23. The molecule has 2 aromatic heterocycles. The Bertz CT molecular complexity index is 761. The summed E-state index contributed by atoms with van der Waals surface area (Å²) in [7, 11) is 0. The first kappa shape index (κ1) is 16.8. The number of carbonyl (C=O) groups excluding carboxylic acids is 1.